The Morgan fingerprint density at radius 1 is 1.59 bits per heavy atom. The zero-order valence-electron chi connectivity index (χ0n) is 11.9. The maximum absolute atomic E-state index is 11.5. The molecule has 0 saturated heterocycles. The van der Waals surface area contributed by atoms with E-state index < -0.39 is 0 Å². The van der Waals surface area contributed by atoms with Gasteiger partial charge >= 0.3 is 0 Å². The molecule has 0 heterocycles. The van der Waals surface area contributed by atoms with Crippen LogP contribution in [0.1, 0.15) is 47.5 Å². The third kappa shape index (κ3) is 2.88. The molecule has 0 aromatic carbocycles. The maximum Gasteiger partial charge on any atom is 0.158 e. The highest BCUT2D eigenvalue weighted by Gasteiger charge is 2.36. The fraction of sp³-hybridized carbons (Fsp3) is 0.688. The molecule has 0 aliphatic heterocycles. The molecule has 0 fully saturated rings. The maximum atomic E-state index is 11.5. The van der Waals surface area contributed by atoms with Gasteiger partial charge in [0.15, 0.2) is 5.78 Å². The highest BCUT2D eigenvalue weighted by molar-refractivity contribution is 5.92. The van der Waals surface area contributed by atoms with E-state index in [1.54, 1.807) is 6.08 Å². The van der Waals surface area contributed by atoms with Gasteiger partial charge in [0.1, 0.15) is 0 Å². The van der Waals surface area contributed by atoms with E-state index >= 15 is 0 Å². The molecule has 0 aromatic rings. The van der Waals surface area contributed by atoms with E-state index in [0.717, 1.165) is 12.8 Å². The molecule has 3 atom stereocenters. The van der Waals surface area contributed by atoms with E-state index in [1.807, 2.05) is 6.92 Å². The minimum absolute atomic E-state index is 0.143. The molecule has 1 aliphatic rings. The quantitative estimate of drug-likeness (QED) is 0.659. The molecular weight excluding hydrogens is 208 g/mol. The van der Waals surface area contributed by atoms with Crippen molar-refractivity contribution in [3.8, 4) is 0 Å². The number of ketones is 1. The lowest BCUT2D eigenvalue weighted by molar-refractivity contribution is -0.118. The Hall–Kier alpha value is -0.850. The fourth-order valence-corrected chi connectivity index (χ4v) is 2.95. The number of rotatable bonds is 4. The largest absolute Gasteiger partial charge is 0.295 e. The SMILES string of the molecule is C=C(C)C(C)(C)C(CC)C1C=CC(=O)C(C)C1. The first kappa shape index (κ1) is 14.2. The van der Waals surface area contributed by atoms with E-state index in [2.05, 4.69) is 40.3 Å². The van der Waals surface area contributed by atoms with Crippen LogP contribution in [0.5, 0.6) is 0 Å². The summed E-state index contributed by atoms with van der Waals surface area (Å²) in [5, 5.41) is 0. The van der Waals surface area contributed by atoms with Gasteiger partial charge in [-0.25, -0.2) is 0 Å². The predicted molar refractivity (Wildman–Crippen MR) is 73.8 cm³/mol. The molecule has 0 aromatic heterocycles. The van der Waals surface area contributed by atoms with Crippen molar-refractivity contribution in [1.29, 1.82) is 0 Å². The molecule has 0 radical (unpaired) electrons. The monoisotopic (exact) mass is 234 g/mol. The molecule has 1 rings (SSSR count). The van der Waals surface area contributed by atoms with E-state index in [0.29, 0.717) is 11.8 Å². The summed E-state index contributed by atoms with van der Waals surface area (Å²) >= 11 is 0. The van der Waals surface area contributed by atoms with Gasteiger partial charge in [0.2, 0.25) is 0 Å². The van der Waals surface area contributed by atoms with Gasteiger partial charge in [-0.15, -0.1) is 0 Å². The van der Waals surface area contributed by atoms with Crippen molar-refractivity contribution < 1.29 is 4.79 Å². The molecular formula is C16H26O. The summed E-state index contributed by atoms with van der Waals surface area (Å²) in [6.45, 7) is 15.1. The second kappa shape index (κ2) is 5.20. The van der Waals surface area contributed by atoms with E-state index in [-0.39, 0.29) is 17.1 Å². The minimum atomic E-state index is 0.143. The first-order valence-electron chi connectivity index (χ1n) is 6.68. The van der Waals surface area contributed by atoms with E-state index in [9.17, 15) is 4.79 Å². The smallest absolute Gasteiger partial charge is 0.158 e. The number of allylic oxidation sites excluding steroid dienone is 3. The molecule has 1 aliphatic carbocycles. The Balaban J connectivity index is 2.93. The summed E-state index contributed by atoms with van der Waals surface area (Å²) in [7, 11) is 0. The average Bonchev–Trinajstić information content (AvgIpc) is 2.23. The first-order chi connectivity index (χ1) is 7.80. The van der Waals surface area contributed by atoms with Gasteiger partial charge in [-0.3, -0.25) is 4.79 Å². The van der Waals surface area contributed by atoms with Crippen LogP contribution in [0.4, 0.5) is 0 Å². The zero-order valence-corrected chi connectivity index (χ0v) is 11.9. The number of carbonyl (C=O) groups is 1. The van der Waals surface area contributed by atoms with Crippen molar-refractivity contribution in [2.24, 2.45) is 23.2 Å². The van der Waals surface area contributed by atoms with Crippen molar-refractivity contribution in [3.05, 3.63) is 24.3 Å². The summed E-state index contributed by atoms with van der Waals surface area (Å²) in [6.07, 6.45) is 6.04. The third-order valence-corrected chi connectivity index (χ3v) is 4.60. The van der Waals surface area contributed by atoms with Crippen LogP contribution in [0.15, 0.2) is 24.3 Å². The van der Waals surface area contributed by atoms with Crippen molar-refractivity contribution in [2.45, 2.75) is 47.5 Å². The summed E-state index contributed by atoms with van der Waals surface area (Å²) < 4.78 is 0. The normalized spacial score (nSPS) is 27.0. The molecule has 17 heavy (non-hydrogen) atoms. The van der Waals surface area contributed by atoms with Gasteiger partial charge in [0, 0.05) is 5.92 Å². The van der Waals surface area contributed by atoms with Crippen LogP contribution in [-0.4, -0.2) is 5.78 Å². The topological polar surface area (TPSA) is 17.1 Å². The van der Waals surface area contributed by atoms with E-state index in [1.165, 1.54) is 5.57 Å². The second-order valence-corrected chi connectivity index (χ2v) is 6.08. The average molecular weight is 234 g/mol. The van der Waals surface area contributed by atoms with Gasteiger partial charge in [0.25, 0.3) is 0 Å². The fourth-order valence-electron chi connectivity index (χ4n) is 2.95. The van der Waals surface area contributed by atoms with Crippen molar-refractivity contribution in [1.82, 2.24) is 0 Å². The lowest BCUT2D eigenvalue weighted by Crippen LogP contribution is -2.33. The van der Waals surface area contributed by atoms with Crippen LogP contribution in [0.2, 0.25) is 0 Å². The van der Waals surface area contributed by atoms with Gasteiger partial charge in [0.05, 0.1) is 0 Å². The number of hydrogen-bond acceptors (Lipinski definition) is 1. The second-order valence-electron chi connectivity index (χ2n) is 6.08. The van der Waals surface area contributed by atoms with Crippen LogP contribution >= 0.6 is 0 Å². The standard InChI is InChI=1S/C16H26O/c1-7-14(16(5,6)11(2)3)13-8-9-15(17)12(4)10-13/h8-9,12-14H,2,7,10H2,1,3-6H3. The summed E-state index contributed by atoms with van der Waals surface area (Å²) in [5.74, 6) is 1.55. The summed E-state index contributed by atoms with van der Waals surface area (Å²) in [4.78, 5) is 11.5. The Bertz CT molecular complexity index is 335. The van der Waals surface area contributed by atoms with Gasteiger partial charge in [-0.2, -0.15) is 0 Å². The van der Waals surface area contributed by atoms with Crippen LogP contribution in [0.25, 0.3) is 0 Å². The first-order valence-corrected chi connectivity index (χ1v) is 6.68. The van der Waals surface area contributed by atoms with Gasteiger partial charge in [-0.1, -0.05) is 52.3 Å². The summed E-state index contributed by atoms with van der Waals surface area (Å²) in [5.41, 5.74) is 1.38. The Labute approximate surface area is 106 Å². The van der Waals surface area contributed by atoms with E-state index in [4.69, 9.17) is 0 Å². The molecule has 1 heteroatoms. The molecule has 0 saturated carbocycles. The van der Waals surface area contributed by atoms with Crippen molar-refractivity contribution in [2.75, 3.05) is 0 Å². The lowest BCUT2D eigenvalue weighted by Gasteiger charge is -2.40. The third-order valence-electron chi connectivity index (χ3n) is 4.60. The molecule has 0 amide bonds. The summed E-state index contributed by atoms with van der Waals surface area (Å²) in [6, 6.07) is 0. The zero-order chi connectivity index (χ0) is 13.2. The van der Waals surface area contributed by atoms with Crippen LogP contribution in [0, 0.1) is 23.2 Å². The van der Waals surface area contributed by atoms with Crippen molar-refractivity contribution in [3.63, 3.8) is 0 Å². The minimum Gasteiger partial charge on any atom is -0.295 e. The van der Waals surface area contributed by atoms with Crippen LogP contribution < -0.4 is 0 Å². The van der Waals surface area contributed by atoms with Gasteiger partial charge < -0.3 is 0 Å². The highest BCUT2D eigenvalue weighted by Crippen LogP contribution is 2.44. The Morgan fingerprint density at radius 2 is 2.18 bits per heavy atom. The molecule has 0 bridgehead atoms. The van der Waals surface area contributed by atoms with Crippen molar-refractivity contribution >= 4 is 5.78 Å². The Morgan fingerprint density at radius 3 is 2.59 bits per heavy atom. The highest BCUT2D eigenvalue weighted by atomic mass is 16.1. The number of hydrogen-bond donors (Lipinski definition) is 0. The number of carbonyl (C=O) groups excluding carboxylic acids is 1. The molecule has 0 N–H and O–H groups in total. The predicted octanol–water partition coefficient (Wildman–Crippen LogP) is 4.40. The van der Waals surface area contributed by atoms with Gasteiger partial charge in [-0.05, 0) is 36.7 Å². The molecule has 0 spiro atoms. The van der Waals surface area contributed by atoms with Crippen LogP contribution in [-0.2, 0) is 4.79 Å². The molecule has 3 unspecified atom stereocenters. The van der Waals surface area contributed by atoms with Crippen LogP contribution in [0.3, 0.4) is 0 Å². The molecule has 1 nitrogen and oxygen atoms in total. The lowest BCUT2D eigenvalue weighted by atomic mass is 9.64. The Kier molecular flexibility index (Phi) is 4.35. The molecule has 96 valence electrons.